The summed E-state index contributed by atoms with van der Waals surface area (Å²) in [7, 11) is 1.75. The first kappa shape index (κ1) is 30.6. The van der Waals surface area contributed by atoms with E-state index in [2.05, 4.69) is 0 Å². The Morgan fingerprint density at radius 3 is 2.28 bits per heavy atom. The number of piperazine rings is 1. The van der Waals surface area contributed by atoms with Gasteiger partial charge in [-0.05, 0) is 55.8 Å². The summed E-state index contributed by atoms with van der Waals surface area (Å²) in [5, 5.41) is 0. The van der Waals surface area contributed by atoms with Gasteiger partial charge in [0.25, 0.3) is 17.0 Å². The molecule has 2 fully saturated rings. The van der Waals surface area contributed by atoms with Crippen LogP contribution in [0.2, 0.25) is 0 Å². The first-order valence-corrected chi connectivity index (χ1v) is 16.3. The molecule has 5 heterocycles. The van der Waals surface area contributed by atoms with Gasteiger partial charge in [0.05, 0.1) is 27.5 Å². The van der Waals surface area contributed by atoms with Gasteiger partial charge in [0.2, 0.25) is 0 Å². The lowest BCUT2D eigenvalue weighted by atomic mass is 10.2. The zero-order valence-corrected chi connectivity index (χ0v) is 27.5. The molecule has 47 heavy (non-hydrogen) atoms. The molecule has 13 heteroatoms. The van der Waals surface area contributed by atoms with Gasteiger partial charge in [-0.1, -0.05) is 60.4 Å². The van der Waals surface area contributed by atoms with Crippen molar-refractivity contribution in [2.24, 2.45) is 7.05 Å². The summed E-state index contributed by atoms with van der Waals surface area (Å²) >= 11 is 6.70. The summed E-state index contributed by atoms with van der Waals surface area (Å²) in [6.07, 6.45) is 3.25. The smallest absolute Gasteiger partial charge is 0.296 e. The second kappa shape index (κ2) is 12.0. The number of benzene rings is 2. The van der Waals surface area contributed by atoms with Gasteiger partial charge in [0.15, 0.2) is 4.32 Å². The third-order valence-electron chi connectivity index (χ3n) is 8.57. The van der Waals surface area contributed by atoms with Gasteiger partial charge in [0, 0.05) is 39.4 Å². The van der Waals surface area contributed by atoms with E-state index in [1.807, 2.05) is 53.1 Å². The maximum Gasteiger partial charge on any atom is 0.296 e. The summed E-state index contributed by atoms with van der Waals surface area (Å²) in [5.74, 6) is -0.347. The van der Waals surface area contributed by atoms with E-state index in [0.29, 0.717) is 54.7 Å². The van der Waals surface area contributed by atoms with Crippen molar-refractivity contribution in [3.05, 3.63) is 121 Å². The van der Waals surface area contributed by atoms with Crippen molar-refractivity contribution in [1.29, 1.82) is 0 Å². The third-order valence-corrected chi connectivity index (χ3v) is 9.88. The van der Waals surface area contributed by atoms with E-state index in [0.717, 1.165) is 17.3 Å². The molecule has 238 valence electrons. The Labute approximate surface area is 278 Å². The number of carbonyl (C=O) groups is 1. The quantitative estimate of drug-likeness (QED) is 0.198. The van der Waals surface area contributed by atoms with Gasteiger partial charge in [-0.3, -0.25) is 28.4 Å². The van der Waals surface area contributed by atoms with Gasteiger partial charge >= 0.3 is 0 Å². The van der Waals surface area contributed by atoms with Crippen molar-refractivity contribution < 1.29 is 9.18 Å². The average Bonchev–Trinajstić information content (AvgIpc) is 3.47. The molecule has 2 aliphatic rings. The molecule has 10 nitrogen and oxygen atoms in total. The minimum atomic E-state index is -0.491. The third kappa shape index (κ3) is 5.25. The predicted octanol–water partition coefficient (Wildman–Crippen LogP) is 4.67. The number of thioether (sulfide) groups is 1. The van der Waals surface area contributed by atoms with Gasteiger partial charge in [-0.15, -0.1) is 0 Å². The van der Waals surface area contributed by atoms with Crippen LogP contribution in [0.1, 0.15) is 16.8 Å². The molecule has 0 atom stereocenters. The lowest BCUT2D eigenvalue weighted by Crippen LogP contribution is -2.47. The Morgan fingerprint density at radius 1 is 0.872 bits per heavy atom. The molecule has 5 aromatic rings. The minimum absolute atomic E-state index is 0.163. The molecule has 2 aliphatic heterocycles. The molecule has 2 saturated heterocycles. The number of aromatic nitrogens is 4. The first-order valence-electron chi connectivity index (χ1n) is 15.0. The Kier molecular flexibility index (Phi) is 7.80. The fourth-order valence-electron chi connectivity index (χ4n) is 6.08. The molecule has 0 unspecified atom stereocenters. The second-order valence-corrected chi connectivity index (χ2v) is 13.1. The Bertz CT molecular complexity index is 2230. The van der Waals surface area contributed by atoms with Crippen molar-refractivity contribution in [1.82, 2.24) is 18.7 Å². The molecule has 1 amide bonds. The number of amides is 1. The van der Waals surface area contributed by atoms with Crippen LogP contribution < -0.4 is 25.8 Å². The molecule has 7 rings (SSSR count). The highest BCUT2D eigenvalue weighted by molar-refractivity contribution is 8.27. The van der Waals surface area contributed by atoms with Crippen molar-refractivity contribution in [2.45, 2.75) is 13.8 Å². The summed E-state index contributed by atoms with van der Waals surface area (Å²) in [4.78, 5) is 52.2. The number of hydrogen-bond acceptors (Lipinski definition) is 8. The molecule has 0 N–H and O–H groups in total. The Balaban J connectivity index is 1.28. The largest absolute Gasteiger partial charge is 0.366 e. The number of para-hydroxylation sites is 2. The maximum absolute atomic E-state index is 14.5. The molecule has 2 aromatic carbocycles. The van der Waals surface area contributed by atoms with Gasteiger partial charge in [0.1, 0.15) is 23.0 Å². The second-order valence-electron chi connectivity index (χ2n) is 11.4. The van der Waals surface area contributed by atoms with Crippen LogP contribution in [-0.4, -0.2) is 55.2 Å². The van der Waals surface area contributed by atoms with E-state index >= 15 is 0 Å². The molecule has 3 aromatic heterocycles. The predicted molar refractivity (Wildman–Crippen MR) is 188 cm³/mol. The number of fused-ring (bicyclic) bond motifs is 1. The molecule has 0 saturated carbocycles. The van der Waals surface area contributed by atoms with Crippen LogP contribution in [0.15, 0.2) is 87.4 Å². The minimum Gasteiger partial charge on any atom is -0.366 e. The SMILES string of the molecule is Cc1ccc2nc(N3CCN(c4ccccc4F)CC3)c(C=C3SC(=S)N(c4c(C)n(C)n(-c5ccccc5)c4=O)C3=O)c(=O)n2c1. The number of pyridine rings is 1. The zero-order chi connectivity index (χ0) is 33.0. The Hall–Kier alpha value is -5.01. The molecule has 0 bridgehead atoms. The number of hydrogen-bond donors (Lipinski definition) is 0. The normalized spacial score (nSPS) is 16.3. The summed E-state index contributed by atoms with van der Waals surface area (Å²) in [5.41, 5.74) is 2.77. The van der Waals surface area contributed by atoms with Gasteiger partial charge in [-0.2, -0.15) is 0 Å². The molecule has 0 radical (unpaired) electrons. The fraction of sp³-hybridized carbons (Fsp3) is 0.206. The van der Waals surface area contributed by atoms with E-state index in [1.165, 1.54) is 26.1 Å². The average molecular weight is 668 g/mol. The first-order chi connectivity index (χ1) is 22.6. The zero-order valence-electron chi connectivity index (χ0n) is 25.9. The number of carbonyl (C=O) groups excluding carboxylic acids is 1. The topological polar surface area (TPSA) is 88.1 Å². The molecule has 0 aliphatic carbocycles. The van der Waals surface area contributed by atoms with Crippen LogP contribution in [0.4, 0.5) is 21.6 Å². The van der Waals surface area contributed by atoms with Crippen LogP contribution in [0.5, 0.6) is 0 Å². The van der Waals surface area contributed by atoms with E-state index in [9.17, 15) is 18.8 Å². The lowest BCUT2D eigenvalue weighted by molar-refractivity contribution is -0.113. The summed E-state index contributed by atoms with van der Waals surface area (Å²) < 4.78 is 19.4. The number of thiocarbonyl (C=S) groups is 1. The Morgan fingerprint density at radius 2 is 1.55 bits per heavy atom. The monoisotopic (exact) mass is 667 g/mol. The van der Waals surface area contributed by atoms with E-state index < -0.39 is 5.91 Å². The molecular formula is C34H30FN7O3S2. The van der Waals surface area contributed by atoms with Gasteiger partial charge in [-0.25, -0.2) is 14.1 Å². The van der Waals surface area contributed by atoms with Crippen LogP contribution in [-0.2, 0) is 11.8 Å². The lowest BCUT2D eigenvalue weighted by Gasteiger charge is -2.37. The van der Waals surface area contributed by atoms with Crippen molar-refractivity contribution >= 4 is 63.1 Å². The number of nitrogens with zero attached hydrogens (tertiary/aromatic N) is 7. The van der Waals surface area contributed by atoms with Crippen LogP contribution in [0.3, 0.4) is 0 Å². The maximum atomic E-state index is 14.5. The summed E-state index contributed by atoms with van der Waals surface area (Å²) in [6.45, 7) is 5.63. The number of halogens is 1. The number of rotatable bonds is 5. The van der Waals surface area contributed by atoms with Crippen LogP contribution in [0.25, 0.3) is 17.4 Å². The number of aryl methyl sites for hydroxylation is 1. The van der Waals surface area contributed by atoms with Crippen LogP contribution >= 0.6 is 24.0 Å². The molecule has 0 spiro atoms. The van der Waals surface area contributed by atoms with Gasteiger partial charge < -0.3 is 9.80 Å². The highest BCUT2D eigenvalue weighted by atomic mass is 32.2. The highest BCUT2D eigenvalue weighted by Crippen LogP contribution is 2.37. The van der Waals surface area contributed by atoms with E-state index in [-0.39, 0.29) is 37.4 Å². The van der Waals surface area contributed by atoms with E-state index in [4.69, 9.17) is 17.2 Å². The fourth-order valence-corrected chi connectivity index (χ4v) is 7.34. The molecular weight excluding hydrogens is 638 g/mol. The standard InChI is InChI=1S/C34H30FN7O3S2/c1-21-13-14-28-36-30(39-17-15-38(16-18-39)26-12-8-7-11-25(26)35)24(31(43)40(28)20-21)19-27-32(44)41(34(46)47-27)29-22(2)37(3)42(33(29)45)23-9-5-4-6-10-23/h4-14,19-20H,15-18H2,1-3H3. The highest BCUT2D eigenvalue weighted by Gasteiger charge is 2.38. The number of anilines is 3. The van der Waals surface area contributed by atoms with Crippen molar-refractivity contribution in [2.75, 3.05) is 40.9 Å². The van der Waals surface area contributed by atoms with Crippen molar-refractivity contribution in [3.63, 3.8) is 0 Å². The van der Waals surface area contributed by atoms with Crippen LogP contribution in [0, 0.1) is 19.7 Å². The van der Waals surface area contributed by atoms with Crippen molar-refractivity contribution in [3.8, 4) is 5.69 Å². The van der Waals surface area contributed by atoms with E-state index in [1.54, 1.807) is 49.1 Å². The summed E-state index contributed by atoms with van der Waals surface area (Å²) in [6, 6.07) is 19.5.